The molecule has 6 nitrogen and oxygen atoms in total. The highest BCUT2D eigenvalue weighted by atomic mass is 16.2. The van der Waals surface area contributed by atoms with Gasteiger partial charge in [-0.1, -0.05) is 37.5 Å². The maximum absolute atomic E-state index is 11.9. The Morgan fingerprint density at radius 2 is 1.85 bits per heavy atom. The van der Waals surface area contributed by atoms with Crippen molar-refractivity contribution in [3.63, 3.8) is 0 Å². The normalized spacial score (nSPS) is 14.8. The number of H-pyrrole nitrogens is 1. The molecule has 0 radical (unpaired) electrons. The fraction of sp³-hybridized carbons (Fsp3) is 0.524. The number of fused-ring (bicyclic) bond motifs is 1. The molecule has 1 aromatic heterocycles. The van der Waals surface area contributed by atoms with E-state index in [1.807, 2.05) is 18.3 Å². The molecule has 0 saturated heterocycles. The van der Waals surface area contributed by atoms with Gasteiger partial charge in [0.2, 0.25) is 5.91 Å². The first-order chi connectivity index (χ1) is 13.2. The number of aromatic nitrogens is 1. The zero-order chi connectivity index (χ0) is 18.9. The van der Waals surface area contributed by atoms with E-state index in [2.05, 4.69) is 33.1 Å². The minimum Gasteiger partial charge on any atom is -0.361 e. The number of hydrogen-bond acceptors (Lipinski definition) is 2. The highest BCUT2D eigenvalue weighted by Gasteiger charge is 2.15. The Balaban J connectivity index is 1.26. The molecule has 1 fully saturated rings. The first-order valence-corrected chi connectivity index (χ1v) is 10.1. The van der Waals surface area contributed by atoms with E-state index >= 15 is 0 Å². The lowest BCUT2D eigenvalue weighted by molar-refractivity contribution is -0.121. The van der Waals surface area contributed by atoms with Crippen molar-refractivity contribution in [2.75, 3.05) is 13.1 Å². The van der Waals surface area contributed by atoms with Gasteiger partial charge >= 0.3 is 6.03 Å². The predicted octanol–water partition coefficient (Wildman–Crippen LogP) is 3.24. The summed E-state index contributed by atoms with van der Waals surface area (Å²) in [7, 11) is 0. The van der Waals surface area contributed by atoms with Crippen molar-refractivity contribution >= 4 is 22.8 Å². The average Bonchev–Trinajstić information content (AvgIpc) is 3.09. The summed E-state index contributed by atoms with van der Waals surface area (Å²) in [6, 6.07) is 8.37. The van der Waals surface area contributed by atoms with E-state index < -0.39 is 0 Å². The fourth-order valence-corrected chi connectivity index (χ4v) is 3.70. The monoisotopic (exact) mass is 370 g/mol. The van der Waals surface area contributed by atoms with Gasteiger partial charge in [0.1, 0.15) is 0 Å². The van der Waals surface area contributed by atoms with Gasteiger partial charge in [-0.3, -0.25) is 4.79 Å². The summed E-state index contributed by atoms with van der Waals surface area (Å²) in [5, 5.41) is 10.0. The van der Waals surface area contributed by atoms with E-state index in [0.717, 1.165) is 24.8 Å². The first kappa shape index (κ1) is 19.3. The van der Waals surface area contributed by atoms with Gasteiger partial charge < -0.3 is 20.9 Å². The summed E-state index contributed by atoms with van der Waals surface area (Å²) in [6.45, 7) is 1.14. The van der Waals surface area contributed by atoms with E-state index in [1.165, 1.54) is 30.2 Å². The van der Waals surface area contributed by atoms with Crippen LogP contribution in [-0.4, -0.2) is 36.1 Å². The molecule has 0 aliphatic heterocycles. The van der Waals surface area contributed by atoms with Crippen LogP contribution in [0, 0.1) is 0 Å². The third kappa shape index (κ3) is 6.01. The van der Waals surface area contributed by atoms with Crippen molar-refractivity contribution < 1.29 is 9.59 Å². The molecule has 6 heteroatoms. The van der Waals surface area contributed by atoms with Crippen LogP contribution in [0.4, 0.5) is 4.79 Å². The summed E-state index contributed by atoms with van der Waals surface area (Å²) in [4.78, 5) is 27.0. The standard InChI is InChI=1S/C21H30N4O2/c26-20(11-6-13-23-21(27)25-17-7-2-1-3-8-17)22-14-12-16-15-24-19-10-5-4-9-18(16)19/h4-5,9-10,15,17,24H,1-3,6-8,11-14H2,(H,22,26)(H2,23,25,27). The van der Waals surface area contributed by atoms with Crippen LogP contribution in [0.15, 0.2) is 30.5 Å². The first-order valence-electron chi connectivity index (χ1n) is 10.1. The van der Waals surface area contributed by atoms with E-state index in [0.29, 0.717) is 32.0 Å². The van der Waals surface area contributed by atoms with Crippen LogP contribution >= 0.6 is 0 Å². The Labute approximate surface area is 160 Å². The smallest absolute Gasteiger partial charge is 0.315 e. The largest absolute Gasteiger partial charge is 0.361 e. The van der Waals surface area contributed by atoms with Crippen LogP contribution in [0.2, 0.25) is 0 Å². The Bertz CT molecular complexity index is 749. The molecule has 1 aliphatic carbocycles. The van der Waals surface area contributed by atoms with Crippen molar-refractivity contribution in [2.24, 2.45) is 0 Å². The van der Waals surface area contributed by atoms with Gasteiger partial charge in [0.25, 0.3) is 0 Å². The third-order valence-electron chi connectivity index (χ3n) is 5.20. The lowest BCUT2D eigenvalue weighted by atomic mass is 9.96. The van der Waals surface area contributed by atoms with Gasteiger partial charge in [-0.25, -0.2) is 4.79 Å². The maximum Gasteiger partial charge on any atom is 0.315 e. The molecule has 2 aromatic rings. The minimum absolute atomic E-state index is 0.0318. The number of hydrogen-bond donors (Lipinski definition) is 4. The second-order valence-corrected chi connectivity index (χ2v) is 7.30. The molecule has 27 heavy (non-hydrogen) atoms. The molecule has 1 aromatic carbocycles. The minimum atomic E-state index is -0.110. The molecule has 1 heterocycles. The molecule has 0 atom stereocenters. The predicted molar refractivity (Wildman–Crippen MR) is 108 cm³/mol. The Hall–Kier alpha value is -2.50. The van der Waals surface area contributed by atoms with Gasteiger partial charge in [-0.2, -0.15) is 0 Å². The van der Waals surface area contributed by atoms with Gasteiger partial charge in [-0.15, -0.1) is 0 Å². The van der Waals surface area contributed by atoms with Gasteiger partial charge in [-0.05, 0) is 37.3 Å². The van der Waals surface area contributed by atoms with E-state index in [4.69, 9.17) is 0 Å². The van der Waals surface area contributed by atoms with E-state index in [-0.39, 0.29) is 11.9 Å². The zero-order valence-electron chi connectivity index (χ0n) is 15.9. The summed E-state index contributed by atoms with van der Waals surface area (Å²) >= 11 is 0. The van der Waals surface area contributed by atoms with Crippen LogP contribution in [0.25, 0.3) is 10.9 Å². The Kier molecular flexibility index (Phi) is 7.13. The van der Waals surface area contributed by atoms with Crippen molar-refractivity contribution in [3.8, 4) is 0 Å². The number of para-hydroxylation sites is 1. The van der Waals surface area contributed by atoms with Gasteiger partial charge in [0.05, 0.1) is 0 Å². The van der Waals surface area contributed by atoms with Crippen molar-refractivity contribution in [3.05, 3.63) is 36.0 Å². The van der Waals surface area contributed by atoms with Crippen LogP contribution in [0.3, 0.4) is 0 Å². The van der Waals surface area contributed by atoms with Gasteiger partial charge in [0.15, 0.2) is 0 Å². The molecule has 146 valence electrons. The van der Waals surface area contributed by atoms with Gasteiger partial charge in [0, 0.05) is 42.7 Å². The molecule has 0 unspecified atom stereocenters. The number of carbonyl (C=O) groups is 2. The summed E-state index contributed by atoms with van der Waals surface area (Å²) in [5.74, 6) is 0.0318. The topological polar surface area (TPSA) is 86.0 Å². The maximum atomic E-state index is 11.9. The van der Waals surface area contributed by atoms with Crippen LogP contribution in [0.5, 0.6) is 0 Å². The highest BCUT2D eigenvalue weighted by molar-refractivity contribution is 5.83. The van der Waals surface area contributed by atoms with Crippen LogP contribution in [-0.2, 0) is 11.2 Å². The Morgan fingerprint density at radius 3 is 2.70 bits per heavy atom. The number of benzene rings is 1. The van der Waals surface area contributed by atoms with E-state index in [9.17, 15) is 9.59 Å². The molecular formula is C21H30N4O2. The number of aromatic amines is 1. The molecule has 3 amide bonds. The SMILES string of the molecule is O=C(CCCNC(=O)NC1CCCCC1)NCCc1c[nH]c2ccccc12. The lowest BCUT2D eigenvalue weighted by Gasteiger charge is -2.22. The number of carbonyl (C=O) groups excluding carboxylic acids is 2. The molecule has 1 saturated carbocycles. The lowest BCUT2D eigenvalue weighted by Crippen LogP contribution is -2.43. The number of nitrogens with one attached hydrogen (secondary N) is 4. The molecular weight excluding hydrogens is 340 g/mol. The molecule has 3 rings (SSSR count). The number of rotatable bonds is 8. The second-order valence-electron chi connectivity index (χ2n) is 7.30. The second kappa shape index (κ2) is 10.00. The Morgan fingerprint density at radius 1 is 1.04 bits per heavy atom. The molecule has 0 spiro atoms. The summed E-state index contributed by atoms with van der Waals surface area (Å²) in [6.07, 6.45) is 9.71. The van der Waals surface area contributed by atoms with Crippen LogP contribution in [0.1, 0.15) is 50.5 Å². The number of urea groups is 1. The van der Waals surface area contributed by atoms with Crippen molar-refractivity contribution in [1.29, 1.82) is 0 Å². The quantitative estimate of drug-likeness (QED) is 0.538. The van der Waals surface area contributed by atoms with Crippen LogP contribution < -0.4 is 16.0 Å². The highest BCUT2D eigenvalue weighted by Crippen LogP contribution is 2.18. The summed E-state index contributed by atoms with van der Waals surface area (Å²) in [5.41, 5.74) is 2.34. The van der Waals surface area contributed by atoms with E-state index in [1.54, 1.807) is 0 Å². The fourth-order valence-electron chi connectivity index (χ4n) is 3.70. The molecule has 1 aliphatic rings. The van der Waals surface area contributed by atoms with Crippen molar-refractivity contribution in [2.45, 2.75) is 57.4 Å². The third-order valence-corrected chi connectivity index (χ3v) is 5.20. The molecule has 4 N–H and O–H groups in total. The number of amides is 3. The van der Waals surface area contributed by atoms with Crippen molar-refractivity contribution in [1.82, 2.24) is 20.9 Å². The zero-order valence-corrected chi connectivity index (χ0v) is 15.9. The average molecular weight is 370 g/mol. The summed E-state index contributed by atoms with van der Waals surface area (Å²) < 4.78 is 0. The molecule has 0 bridgehead atoms.